The highest BCUT2D eigenvalue weighted by Crippen LogP contribution is 2.11. The number of carbonyl (C=O) groups is 2. The van der Waals surface area contributed by atoms with Crippen molar-refractivity contribution in [3.63, 3.8) is 0 Å². The second-order valence-electron chi connectivity index (χ2n) is 9.46. The number of ether oxygens (including phenoxy) is 2. The molecule has 0 aliphatic rings. The summed E-state index contributed by atoms with van der Waals surface area (Å²) in [5.41, 5.74) is 0. The zero-order valence-electron chi connectivity index (χ0n) is 21.9. The molecule has 0 amide bonds. The molecule has 0 saturated carbocycles. The molecule has 0 unspecified atom stereocenters. The van der Waals surface area contributed by atoms with Crippen LogP contribution in [0.25, 0.3) is 0 Å². The van der Waals surface area contributed by atoms with Gasteiger partial charge in [0.15, 0.2) is 0 Å². The number of esters is 2. The van der Waals surface area contributed by atoms with Crippen LogP contribution in [0, 0.1) is 0 Å². The third kappa shape index (κ3) is 27.1. The molecule has 0 rings (SSSR count). The molecule has 202 valence electrons. The zero-order valence-corrected chi connectivity index (χ0v) is 21.9. The van der Waals surface area contributed by atoms with E-state index in [1.807, 2.05) is 0 Å². The number of aliphatic hydroxyl groups excluding tert-OH is 2. The fraction of sp³-hybridized carbons (Fsp3) is 0.929. The highest BCUT2D eigenvalue weighted by molar-refractivity contribution is 5.69. The normalized spacial score (nSPS) is 11.0. The van der Waals surface area contributed by atoms with Gasteiger partial charge in [0.2, 0.25) is 0 Å². The van der Waals surface area contributed by atoms with E-state index in [0.717, 1.165) is 103 Å². The predicted octanol–water partition coefficient (Wildman–Crippen LogP) is 6.64. The number of hydrogen-bond acceptors (Lipinski definition) is 6. The van der Waals surface area contributed by atoms with E-state index in [9.17, 15) is 9.59 Å². The molecule has 0 bridgehead atoms. The lowest BCUT2D eigenvalue weighted by Gasteiger charge is -2.06. The van der Waals surface area contributed by atoms with E-state index >= 15 is 0 Å². The van der Waals surface area contributed by atoms with Crippen LogP contribution < -0.4 is 0 Å². The van der Waals surface area contributed by atoms with Gasteiger partial charge in [-0.25, -0.2) is 0 Å². The third-order valence-electron chi connectivity index (χ3n) is 6.14. The molecular formula is C28H54O6. The van der Waals surface area contributed by atoms with Crippen LogP contribution >= 0.6 is 0 Å². The van der Waals surface area contributed by atoms with Gasteiger partial charge in [0, 0.05) is 26.1 Å². The van der Waals surface area contributed by atoms with Crippen molar-refractivity contribution in [2.24, 2.45) is 0 Å². The molecule has 0 saturated heterocycles. The largest absolute Gasteiger partial charge is 0.466 e. The Hall–Kier alpha value is -1.14. The molecular weight excluding hydrogens is 432 g/mol. The van der Waals surface area contributed by atoms with Crippen LogP contribution in [0.1, 0.15) is 141 Å². The zero-order chi connectivity index (χ0) is 25.0. The van der Waals surface area contributed by atoms with Crippen molar-refractivity contribution in [3.05, 3.63) is 0 Å². The Balaban J connectivity index is 3.22. The van der Waals surface area contributed by atoms with E-state index in [4.69, 9.17) is 19.7 Å². The summed E-state index contributed by atoms with van der Waals surface area (Å²) < 4.78 is 10.6. The van der Waals surface area contributed by atoms with Crippen molar-refractivity contribution in [2.45, 2.75) is 141 Å². The average Bonchev–Trinajstić information content (AvgIpc) is 2.83. The topological polar surface area (TPSA) is 93.1 Å². The van der Waals surface area contributed by atoms with Crippen LogP contribution in [-0.4, -0.2) is 48.6 Å². The Kier molecular flexibility index (Phi) is 27.2. The van der Waals surface area contributed by atoms with Crippen molar-refractivity contribution in [2.75, 3.05) is 26.4 Å². The molecule has 0 spiro atoms. The van der Waals surface area contributed by atoms with Gasteiger partial charge in [0.1, 0.15) is 0 Å². The lowest BCUT2D eigenvalue weighted by molar-refractivity contribution is -0.144. The lowest BCUT2D eigenvalue weighted by atomic mass is 10.1. The molecule has 0 aromatic carbocycles. The maximum atomic E-state index is 11.7. The first-order chi connectivity index (χ1) is 16.7. The quantitative estimate of drug-likeness (QED) is 0.0998. The molecule has 0 radical (unpaired) electrons. The molecule has 0 aromatic rings. The SMILES string of the molecule is O=C(CCCCCCCCO)OCCCCCCCCCCOC(=O)CCCCCCCCO. The first-order valence-electron chi connectivity index (χ1n) is 14.2. The Bertz CT molecular complexity index is 401. The Morgan fingerprint density at radius 3 is 0.971 bits per heavy atom. The van der Waals surface area contributed by atoms with Gasteiger partial charge in [-0.1, -0.05) is 89.9 Å². The monoisotopic (exact) mass is 486 g/mol. The Morgan fingerprint density at radius 2 is 0.647 bits per heavy atom. The van der Waals surface area contributed by atoms with Gasteiger partial charge >= 0.3 is 11.9 Å². The minimum atomic E-state index is -0.0645. The minimum absolute atomic E-state index is 0.0645. The average molecular weight is 487 g/mol. The van der Waals surface area contributed by atoms with E-state index in [1.54, 1.807) is 0 Å². The van der Waals surface area contributed by atoms with E-state index in [2.05, 4.69) is 0 Å². The molecule has 0 aliphatic heterocycles. The van der Waals surface area contributed by atoms with Gasteiger partial charge in [0.25, 0.3) is 0 Å². The number of rotatable bonds is 27. The number of hydrogen-bond donors (Lipinski definition) is 2. The van der Waals surface area contributed by atoms with Crippen LogP contribution in [0.5, 0.6) is 0 Å². The fourth-order valence-corrected chi connectivity index (χ4v) is 3.96. The van der Waals surface area contributed by atoms with Crippen LogP contribution in [0.4, 0.5) is 0 Å². The van der Waals surface area contributed by atoms with E-state index in [1.165, 1.54) is 25.7 Å². The molecule has 6 nitrogen and oxygen atoms in total. The van der Waals surface area contributed by atoms with Gasteiger partial charge in [0.05, 0.1) is 13.2 Å². The summed E-state index contributed by atoms with van der Waals surface area (Å²) in [6.07, 6.45) is 22.4. The van der Waals surface area contributed by atoms with Gasteiger partial charge in [-0.2, -0.15) is 0 Å². The maximum absolute atomic E-state index is 11.7. The molecule has 0 aliphatic carbocycles. The van der Waals surface area contributed by atoms with Crippen molar-refractivity contribution >= 4 is 11.9 Å². The summed E-state index contributed by atoms with van der Waals surface area (Å²) >= 11 is 0. The fourth-order valence-electron chi connectivity index (χ4n) is 3.96. The number of aliphatic hydroxyl groups is 2. The van der Waals surface area contributed by atoms with E-state index in [-0.39, 0.29) is 25.2 Å². The van der Waals surface area contributed by atoms with Gasteiger partial charge in [-0.15, -0.1) is 0 Å². The molecule has 6 heteroatoms. The summed E-state index contributed by atoms with van der Waals surface area (Å²) in [5.74, 6) is -0.129. The second-order valence-corrected chi connectivity index (χ2v) is 9.46. The third-order valence-corrected chi connectivity index (χ3v) is 6.14. The van der Waals surface area contributed by atoms with Crippen LogP contribution in [-0.2, 0) is 19.1 Å². The molecule has 0 heterocycles. The van der Waals surface area contributed by atoms with Gasteiger partial charge in [-0.3, -0.25) is 9.59 Å². The Labute approximate surface area is 209 Å². The summed E-state index contributed by atoms with van der Waals surface area (Å²) in [5, 5.41) is 17.5. The van der Waals surface area contributed by atoms with Crippen LogP contribution in [0.3, 0.4) is 0 Å². The van der Waals surface area contributed by atoms with Gasteiger partial charge < -0.3 is 19.7 Å². The van der Waals surface area contributed by atoms with E-state index < -0.39 is 0 Å². The van der Waals surface area contributed by atoms with Crippen LogP contribution in [0.15, 0.2) is 0 Å². The summed E-state index contributed by atoms with van der Waals surface area (Å²) in [6.45, 7) is 1.65. The maximum Gasteiger partial charge on any atom is 0.305 e. The van der Waals surface area contributed by atoms with Crippen molar-refractivity contribution < 1.29 is 29.3 Å². The summed E-state index contributed by atoms with van der Waals surface area (Å²) in [4.78, 5) is 23.4. The number of unbranched alkanes of at least 4 members (excludes halogenated alkanes) is 17. The predicted molar refractivity (Wildman–Crippen MR) is 138 cm³/mol. The summed E-state index contributed by atoms with van der Waals surface area (Å²) in [7, 11) is 0. The highest BCUT2D eigenvalue weighted by Gasteiger charge is 2.04. The second kappa shape index (κ2) is 28.1. The molecule has 0 aromatic heterocycles. The molecule has 0 atom stereocenters. The minimum Gasteiger partial charge on any atom is -0.466 e. The van der Waals surface area contributed by atoms with Gasteiger partial charge in [-0.05, 0) is 38.5 Å². The summed E-state index contributed by atoms with van der Waals surface area (Å²) in [6, 6.07) is 0. The standard InChI is InChI=1S/C28H54O6/c29-23-17-11-5-3-9-15-21-27(31)33-25-19-13-7-1-2-8-14-20-26-34-28(32)22-16-10-4-6-12-18-24-30/h29-30H,1-26H2. The van der Waals surface area contributed by atoms with Crippen molar-refractivity contribution in [3.8, 4) is 0 Å². The smallest absolute Gasteiger partial charge is 0.305 e. The molecule has 34 heavy (non-hydrogen) atoms. The molecule has 2 N–H and O–H groups in total. The molecule has 0 fully saturated rings. The van der Waals surface area contributed by atoms with Crippen molar-refractivity contribution in [1.29, 1.82) is 0 Å². The number of carbonyl (C=O) groups excluding carboxylic acids is 2. The Morgan fingerprint density at radius 1 is 0.382 bits per heavy atom. The van der Waals surface area contributed by atoms with Crippen molar-refractivity contribution in [1.82, 2.24) is 0 Å². The lowest BCUT2D eigenvalue weighted by Crippen LogP contribution is -2.05. The first kappa shape index (κ1) is 32.9. The van der Waals surface area contributed by atoms with E-state index in [0.29, 0.717) is 26.1 Å². The van der Waals surface area contributed by atoms with Crippen LogP contribution in [0.2, 0.25) is 0 Å². The first-order valence-corrected chi connectivity index (χ1v) is 14.2. The highest BCUT2D eigenvalue weighted by atomic mass is 16.5.